The number of H-pyrrole nitrogens is 1. The summed E-state index contributed by atoms with van der Waals surface area (Å²) in [4.78, 5) is 24.0. The van der Waals surface area contributed by atoms with E-state index in [0.717, 1.165) is 20.9 Å². The standard InChI is InChI=1S/C21H20BrFN4OS/c22-16-7-5-15(6-8-16)18-13-24-21(25-18)29-14-20(28)27-11-9-26(10-12-27)19-4-2-1-3-17(19)23/h1-8,13H,9-12,14H2,(H,24,25). The third-order valence-electron chi connectivity index (χ3n) is 4.87. The van der Waals surface area contributed by atoms with Gasteiger partial charge in [-0.2, -0.15) is 0 Å². The van der Waals surface area contributed by atoms with Crippen LogP contribution in [-0.4, -0.2) is 52.7 Å². The predicted molar refractivity (Wildman–Crippen MR) is 118 cm³/mol. The van der Waals surface area contributed by atoms with E-state index in [2.05, 4.69) is 25.9 Å². The molecule has 5 nitrogen and oxygen atoms in total. The molecular weight excluding hydrogens is 455 g/mol. The number of aromatic amines is 1. The van der Waals surface area contributed by atoms with Gasteiger partial charge in [-0.15, -0.1) is 0 Å². The third kappa shape index (κ3) is 4.82. The van der Waals surface area contributed by atoms with Crippen molar-refractivity contribution in [2.75, 3.05) is 36.8 Å². The van der Waals surface area contributed by atoms with Crippen LogP contribution in [0.3, 0.4) is 0 Å². The quantitative estimate of drug-likeness (QED) is 0.556. The van der Waals surface area contributed by atoms with Crippen molar-refractivity contribution in [1.29, 1.82) is 0 Å². The molecule has 0 atom stereocenters. The maximum absolute atomic E-state index is 13.9. The number of piperazine rings is 1. The minimum absolute atomic E-state index is 0.0739. The van der Waals surface area contributed by atoms with E-state index in [1.807, 2.05) is 40.1 Å². The van der Waals surface area contributed by atoms with Crippen LogP contribution >= 0.6 is 27.7 Å². The van der Waals surface area contributed by atoms with E-state index in [1.165, 1.54) is 17.8 Å². The Kier molecular flexibility index (Phi) is 6.20. The summed E-state index contributed by atoms with van der Waals surface area (Å²) >= 11 is 4.83. The van der Waals surface area contributed by atoms with E-state index in [1.54, 1.807) is 18.3 Å². The number of aromatic nitrogens is 2. The van der Waals surface area contributed by atoms with Gasteiger partial charge in [0, 0.05) is 30.7 Å². The van der Waals surface area contributed by atoms with Crippen LogP contribution in [0, 0.1) is 5.82 Å². The molecule has 2 heterocycles. The first kappa shape index (κ1) is 20.0. The van der Waals surface area contributed by atoms with Gasteiger partial charge in [0.2, 0.25) is 5.91 Å². The maximum Gasteiger partial charge on any atom is 0.233 e. The van der Waals surface area contributed by atoms with Crippen molar-refractivity contribution in [1.82, 2.24) is 14.9 Å². The maximum atomic E-state index is 13.9. The molecule has 1 saturated heterocycles. The number of rotatable bonds is 5. The zero-order valence-corrected chi connectivity index (χ0v) is 18.0. The zero-order chi connectivity index (χ0) is 20.2. The molecule has 0 saturated carbocycles. The second-order valence-electron chi connectivity index (χ2n) is 6.72. The van der Waals surface area contributed by atoms with Gasteiger partial charge in [-0.25, -0.2) is 9.37 Å². The fourth-order valence-corrected chi connectivity index (χ4v) is 4.30. The molecule has 1 fully saturated rings. The van der Waals surface area contributed by atoms with Crippen LogP contribution in [0.4, 0.5) is 10.1 Å². The number of imidazole rings is 1. The Balaban J connectivity index is 1.29. The second kappa shape index (κ2) is 9.00. The lowest BCUT2D eigenvalue weighted by Crippen LogP contribution is -2.49. The number of carbonyl (C=O) groups is 1. The highest BCUT2D eigenvalue weighted by molar-refractivity contribution is 9.10. The predicted octanol–water partition coefficient (Wildman–Crippen LogP) is 4.42. The molecule has 1 amide bonds. The molecule has 29 heavy (non-hydrogen) atoms. The van der Waals surface area contributed by atoms with Crippen molar-refractivity contribution in [3.8, 4) is 11.3 Å². The van der Waals surface area contributed by atoms with Crippen LogP contribution in [0.2, 0.25) is 0 Å². The first-order valence-electron chi connectivity index (χ1n) is 9.31. The van der Waals surface area contributed by atoms with Crippen molar-refractivity contribution < 1.29 is 9.18 Å². The number of thioether (sulfide) groups is 1. The van der Waals surface area contributed by atoms with Crippen LogP contribution in [0.1, 0.15) is 0 Å². The van der Waals surface area contributed by atoms with Crippen molar-refractivity contribution in [3.63, 3.8) is 0 Å². The molecule has 1 aliphatic heterocycles. The van der Waals surface area contributed by atoms with Gasteiger partial charge in [-0.3, -0.25) is 4.79 Å². The summed E-state index contributed by atoms with van der Waals surface area (Å²) in [6.45, 7) is 2.45. The molecule has 150 valence electrons. The molecule has 2 aromatic carbocycles. The Morgan fingerprint density at radius 2 is 1.83 bits per heavy atom. The summed E-state index contributed by atoms with van der Waals surface area (Å²) in [6, 6.07) is 14.7. The first-order valence-corrected chi connectivity index (χ1v) is 11.1. The Morgan fingerprint density at radius 3 is 2.55 bits per heavy atom. The number of para-hydroxylation sites is 1. The molecule has 0 unspecified atom stereocenters. The van der Waals surface area contributed by atoms with E-state index < -0.39 is 0 Å². The summed E-state index contributed by atoms with van der Waals surface area (Å²) in [5.41, 5.74) is 2.57. The lowest BCUT2D eigenvalue weighted by molar-refractivity contribution is -0.128. The summed E-state index contributed by atoms with van der Waals surface area (Å²) in [6.07, 6.45) is 1.78. The summed E-state index contributed by atoms with van der Waals surface area (Å²) < 4.78 is 15.0. The lowest BCUT2D eigenvalue weighted by atomic mass is 10.2. The summed E-state index contributed by atoms with van der Waals surface area (Å²) in [7, 11) is 0. The van der Waals surface area contributed by atoms with E-state index >= 15 is 0 Å². The largest absolute Gasteiger partial charge is 0.366 e. The Hall–Kier alpha value is -2.32. The van der Waals surface area contributed by atoms with Gasteiger partial charge in [-0.1, -0.05) is 52.0 Å². The summed E-state index contributed by atoms with van der Waals surface area (Å²) in [5.74, 6) is 0.180. The fraction of sp³-hybridized carbons (Fsp3) is 0.238. The fourth-order valence-electron chi connectivity index (χ4n) is 3.28. The smallest absolute Gasteiger partial charge is 0.233 e. The second-order valence-corrected chi connectivity index (χ2v) is 8.60. The van der Waals surface area contributed by atoms with E-state index in [-0.39, 0.29) is 11.7 Å². The van der Waals surface area contributed by atoms with Crippen LogP contribution in [0.5, 0.6) is 0 Å². The number of nitrogens with one attached hydrogen (secondary N) is 1. The first-order chi connectivity index (χ1) is 14.1. The zero-order valence-electron chi connectivity index (χ0n) is 15.6. The number of hydrogen-bond donors (Lipinski definition) is 1. The molecule has 8 heteroatoms. The van der Waals surface area contributed by atoms with Crippen LogP contribution in [0.25, 0.3) is 11.3 Å². The van der Waals surface area contributed by atoms with E-state index in [4.69, 9.17) is 0 Å². The normalized spacial score (nSPS) is 14.3. The van der Waals surface area contributed by atoms with Crippen LogP contribution in [0.15, 0.2) is 64.4 Å². The van der Waals surface area contributed by atoms with Crippen molar-refractivity contribution in [3.05, 3.63) is 65.0 Å². The molecule has 0 spiro atoms. The number of halogens is 2. The van der Waals surface area contributed by atoms with Crippen molar-refractivity contribution in [2.24, 2.45) is 0 Å². The monoisotopic (exact) mass is 474 g/mol. The molecular formula is C21H20BrFN4OS. The van der Waals surface area contributed by atoms with Crippen LogP contribution in [-0.2, 0) is 4.79 Å². The molecule has 3 aromatic rings. The van der Waals surface area contributed by atoms with Gasteiger partial charge in [0.1, 0.15) is 5.82 Å². The average molecular weight is 475 g/mol. The molecule has 0 radical (unpaired) electrons. The third-order valence-corrected chi connectivity index (χ3v) is 6.27. The van der Waals surface area contributed by atoms with Crippen molar-refractivity contribution >= 4 is 39.3 Å². The van der Waals surface area contributed by atoms with Crippen molar-refractivity contribution in [2.45, 2.75) is 5.16 Å². The minimum Gasteiger partial charge on any atom is -0.366 e. The number of amides is 1. The highest BCUT2D eigenvalue weighted by atomic mass is 79.9. The number of hydrogen-bond acceptors (Lipinski definition) is 4. The molecule has 4 rings (SSSR count). The Bertz CT molecular complexity index is 986. The number of anilines is 1. The van der Waals surface area contributed by atoms with Gasteiger partial charge in [-0.05, 0) is 29.8 Å². The lowest BCUT2D eigenvalue weighted by Gasteiger charge is -2.36. The van der Waals surface area contributed by atoms with Gasteiger partial charge >= 0.3 is 0 Å². The number of benzene rings is 2. The summed E-state index contributed by atoms with van der Waals surface area (Å²) in [5, 5.41) is 0.723. The minimum atomic E-state index is -0.220. The topological polar surface area (TPSA) is 52.2 Å². The molecule has 1 aromatic heterocycles. The average Bonchev–Trinajstić information content (AvgIpc) is 3.22. The van der Waals surface area contributed by atoms with Gasteiger partial charge in [0.15, 0.2) is 5.16 Å². The molecule has 1 N–H and O–H groups in total. The molecule has 0 bridgehead atoms. The number of nitrogens with zero attached hydrogens (tertiary/aromatic N) is 3. The Labute approximate surface area is 181 Å². The van der Waals surface area contributed by atoms with E-state index in [0.29, 0.717) is 37.6 Å². The van der Waals surface area contributed by atoms with Crippen LogP contribution < -0.4 is 4.90 Å². The van der Waals surface area contributed by atoms with E-state index in [9.17, 15) is 9.18 Å². The van der Waals surface area contributed by atoms with Gasteiger partial charge in [0.25, 0.3) is 0 Å². The van der Waals surface area contributed by atoms with Gasteiger partial charge in [0.05, 0.1) is 23.3 Å². The Morgan fingerprint density at radius 1 is 1.10 bits per heavy atom. The highest BCUT2D eigenvalue weighted by Gasteiger charge is 2.22. The SMILES string of the molecule is O=C(CSc1ncc(-c2ccc(Br)cc2)[nH]1)N1CCN(c2ccccc2F)CC1. The highest BCUT2D eigenvalue weighted by Crippen LogP contribution is 2.24. The van der Waals surface area contributed by atoms with Gasteiger partial charge < -0.3 is 14.8 Å². The molecule has 1 aliphatic rings. The number of carbonyl (C=O) groups excluding carboxylic acids is 1. The molecule has 0 aliphatic carbocycles.